The summed E-state index contributed by atoms with van der Waals surface area (Å²) >= 11 is 0. The largest absolute Gasteiger partial charge is 0.357 e. The van der Waals surface area contributed by atoms with Gasteiger partial charge in [-0.25, -0.2) is 0 Å². The highest BCUT2D eigenvalue weighted by Gasteiger charge is 2.58. The van der Waals surface area contributed by atoms with Gasteiger partial charge in [-0.2, -0.15) is 0 Å². The number of halogens is 1. The van der Waals surface area contributed by atoms with E-state index in [0.717, 1.165) is 13.0 Å². The van der Waals surface area contributed by atoms with Gasteiger partial charge in [0.25, 0.3) is 0 Å². The van der Waals surface area contributed by atoms with E-state index in [0.29, 0.717) is 37.8 Å². The predicted octanol–water partition coefficient (Wildman–Crippen LogP) is 1.90. The van der Waals surface area contributed by atoms with Gasteiger partial charge in [-0.1, -0.05) is 12.2 Å². The smallest absolute Gasteiger partial charge is 0.233 e. The zero-order chi connectivity index (χ0) is 21.2. The van der Waals surface area contributed by atoms with Crippen LogP contribution in [0.2, 0.25) is 0 Å². The van der Waals surface area contributed by atoms with E-state index >= 15 is 0 Å². The van der Waals surface area contributed by atoms with Crippen molar-refractivity contribution in [3.05, 3.63) is 12.2 Å². The standard InChI is InChI=1S/C21H34N4O3S.HI/c1-5-22-20(24-10-12-29(28)21(2,3)4)23-9-6-11-25-18(26)16-14-7-8-15(13-14)17(16)19(25)27;/h7-8,14-17H,5-6,9-13H2,1-4H3,(H2,22,23,24);1H. The van der Waals surface area contributed by atoms with Crippen molar-refractivity contribution in [3.8, 4) is 0 Å². The summed E-state index contributed by atoms with van der Waals surface area (Å²) in [5.41, 5.74) is 0. The number of guanidine groups is 1. The number of imide groups is 1. The fraction of sp³-hybridized carbons (Fsp3) is 0.762. The third-order valence-corrected chi connectivity index (χ3v) is 7.92. The highest BCUT2D eigenvalue weighted by Crippen LogP contribution is 2.52. The average molecular weight is 551 g/mol. The van der Waals surface area contributed by atoms with Gasteiger partial charge in [-0.3, -0.25) is 23.7 Å². The van der Waals surface area contributed by atoms with Crippen LogP contribution in [0, 0.1) is 23.7 Å². The average Bonchev–Trinajstić information content (AvgIpc) is 3.33. The molecule has 3 aliphatic rings. The Hall–Kier alpha value is -0.970. The van der Waals surface area contributed by atoms with Crippen LogP contribution in [0.1, 0.15) is 40.5 Å². The fourth-order valence-electron chi connectivity index (χ4n) is 4.51. The first kappa shape index (κ1) is 25.3. The summed E-state index contributed by atoms with van der Waals surface area (Å²) in [5.74, 6) is 1.53. The van der Waals surface area contributed by atoms with E-state index in [1.807, 2.05) is 27.7 Å². The Balaban J connectivity index is 0.00000320. The molecule has 5 atom stereocenters. The van der Waals surface area contributed by atoms with E-state index in [4.69, 9.17) is 0 Å². The van der Waals surface area contributed by atoms with E-state index in [9.17, 15) is 13.8 Å². The molecule has 0 aromatic heterocycles. The van der Waals surface area contributed by atoms with Crippen molar-refractivity contribution in [2.45, 2.75) is 45.3 Å². The number of likely N-dealkylation sites (tertiary alicyclic amines) is 1. The van der Waals surface area contributed by atoms with Gasteiger partial charge in [0, 0.05) is 47.5 Å². The molecule has 0 radical (unpaired) electrons. The number of hydrogen-bond donors (Lipinski definition) is 2. The molecule has 0 aromatic rings. The van der Waals surface area contributed by atoms with Crippen LogP contribution in [0.5, 0.6) is 0 Å². The quantitative estimate of drug-likeness (QED) is 0.120. The number of allylic oxidation sites excluding steroid dienone is 2. The second kappa shape index (κ2) is 10.6. The number of hydrogen-bond acceptors (Lipinski definition) is 4. The van der Waals surface area contributed by atoms with Gasteiger partial charge in [0.05, 0.1) is 11.8 Å². The first-order valence-electron chi connectivity index (χ1n) is 10.7. The normalized spacial score (nSPS) is 28.5. The highest BCUT2D eigenvalue weighted by atomic mass is 127. The number of carbonyl (C=O) groups excluding carboxylic acids is 2. The molecule has 1 aliphatic heterocycles. The third kappa shape index (κ3) is 5.44. The Bertz CT molecular complexity index is 704. The zero-order valence-corrected chi connectivity index (χ0v) is 21.5. The summed E-state index contributed by atoms with van der Waals surface area (Å²) in [4.78, 5) is 31.4. The lowest BCUT2D eigenvalue weighted by atomic mass is 9.85. The number of amides is 2. The van der Waals surface area contributed by atoms with E-state index in [-0.39, 0.29) is 64.2 Å². The number of nitrogens with zero attached hydrogens (tertiary/aromatic N) is 2. The van der Waals surface area contributed by atoms with Crippen molar-refractivity contribution >= 4 is 52.6 Å². The molecule has 1 saturated heterocycles. The van der Waals surface area contributed by atoms with E-state index in [2.05, 4.69) is 27.8 Å². The van der Waals surface area contributed by atoms with Crippen LogP contribution in [0.3, 0.4) is 0 Å². The number of nitrogens with one attached hydrogen (secondary N) is 2. The lowest BCUT2D eigenvalue weighted by Crippen LogP contribution is -2.40. The minimum atomic E-state index is -0.910. The maximum absolute atomic E-state index is 12.7. The van der Waals surface area contributed by atoms with Crippen LogP contribution in [0.4, 0.5) is 0 Å². The van der Waals surface area contributed by atoms with Crippen molar-refractivity contribution in [2.24, 2.45) is 28.7 Å². The van der Waals surface area contributed by atoms with Crippen LogP contribution < -0.4 is 10.6 Å². The number of aliphatic imine (C=N–C) groups is 1. The van der Waals surface area contributed by atoms with E-state index in [1.165, 1.54) is 4.90 Å². The van der Waals surface area contributed by atoms with Gasteiger partial charge in [0.1, 0.15) is 0 Å². The molecule has 2 aliphatic carbocycles. The molecule has 2 bridgehead atoms. The Morgan fingerprint density at radius 2 is 1.77 bits per heavy atom. The molecule has 7 nitrogen and oxygen atoms in total. The fourth-order valence-corrected chi connectivity index (χ4v) is 5.41. The lowest BCUT2D eigenvalue weighted by Gasteiger charge is -2.19. The van der Waals surface area contributed by atoms with Gasteiger partial charge in [0.2, 0.25) is 11.8 Å². The first-order valence-corrected chi connectivity index (χ1v) is 12.0. The van der Waals surface area contributed by atoms with Crippen LogP contribution in [0.25, 0.3) is 0 Å². The Kier molecular flexibility index (Phi) is 8.91. The summed E-state index contributed by atoms with van der Waals surface area (Å²) in [6, 6.07) is 0. The molecule has 2 fully saturated rings. The molecule has 30 heavy (non-hydrogen) atoms. The molecule has 170 valence electrons. The van der Waals surface area contributed by atoms with Crippen molar-refractivity contribution in [2.75, 3.05) is 31.9 Å². The van der Waals surface area contributed by atoms with Gasteiger partial charge in [0.15, 0.2) is 5.96 Å². The van der Waals surface area contributed by atoms with Crippen molar-refractivity contribution in [1.29, 1.82) is 0 Å². The second-order valence-electron chi connectivity index (χ2n) is 9.03. The predicted molar refractivity (Wildman–Crippen MR) is 131 cm³/mol. The minimum Gasteiger partial charge on any atom is -0.357 e. The molecule has 9 heteroatoms. The molecule has 2 amide bonds. The van der Waals surface area contributed by atoms with Crippen molar-refractivity contribution in [3.63, 3.8) is 0 Å². The molecule has 3 rings (SSSR count). The summed E-state index contributed by atoms with van der Waals surface area (Å²) < 4.78 is 11.9. The van der Waals surface area contributed by atoms with Crippen molar-refractivity contribution in [1.82, 2.24) is 15.5 Å². The molecular formula is C21H35IN4O3S. The molecule has 1 saturated carbocycles. The molecule has 0 spiro atoms. The SMILES string of the molecule is CCNC(=NCCCN1C(=O)C2C3C=CC(C3)C2C1=O)NCCS(=O)C(C)(C)C.I. The first-order chi connectivity index (χ1) is 13.7. The maximum Gasteiger partial charge on any atom is 0.233 e. The van der Waals surface area contributed by atoms with Gasteiger partial charge in [-0.05, 0) is 52.4 Å². The summed E-state index contributed by atoms with van der Waals surface area (Å²) in [5, 5.41) is 6.39. The highest BCUT2D eigenvalue weighted by molar-refractivity contribution is 14.0. The van der Waals surface area contributed by atoms with Gasteiger partial charge < -0.3 is 10.6 Å². The van der Waals surface area contributed by atoms with Crippen LogP contribution in [-0.2, 0) is 20.4 Å². The molecule has 5 unspecified atom stereocenters. The van der Waals surface area contributed by atoms with E-state index < -0.39 is 10.8 Å². The van der Waals surface area contributed by atoms with Crippen LogP contribution in [-0.4, -0.2) is 63.6 Å². The van der Waals surface area contributed by atoms with Gasteiger partial charge >= 0.3 is 0 Å². The number of rotatable bonds is 8. The lowest BCUT2D eigenvalue weighted by molar-refractivity contribution is -0.140. The molecule has 1 heterocycles. The molecule has 0 aromatic carbocycles. The maximum atomic E-state index is 12.7. The Morgan fingerprint density at radius 3 is 2.30 bits per heavy atom. The number of fused-ring (bicyclic) bond motifs is 5. The van der Waals surface area contributed by atoms with E-state index in [1.54, 1.807) is 0 Å². The van der Waals surface area contributed by atoms with Gasteiger partial charge in [-0.15, -0.1) is 24.0 Å². The summed E-state index contributed by atoms with van der Waals surface area (Å²) in [6.45, 7) is 10.2. The monoisotopic (exact) mass is 550 g/mol. The Morgan fingerprint density at radius 1 is 1.17 bits per heavy atom. The zero-order valence-electron chi connectivity index (χ0n) is 18.3. The third-order valence-electron chi connectivity index (χ3n) is 5.98. The second-order valence-corrected chi connectivity index (χ2v) is 11.4. The summed E-state index contributed by atoms with van der Waals surface area (Å²) in [6.07, 6.45) is 5.84. The topological polar surface area (TPSA) is 90.9 Å². The van der Waals surface area contributed by atoms with Crippen LogP contribution >= 0.6 is 24.0 Å². The Labute approximate surface area is 199 Å². The molecular weight excluding hydrogens is 515 g/mol. The number of carbonyl (C=O) groups is 2. The van der Waals surface area contributed by atoms with Crippen LogP contribution in [0.15, 0.2) is 17.1 Å². The summed E-state index contributed by atoms with van der Waals surface area (Å²) in [7, 11) is -0.910. The molecule has 2 N–H and O–H groups in total. The minimum absolute atomic E-state index is 0. The van der Waals surface area contributed by atoms with Crippen molar-refractivity contribution < 1.29 is 13.8 Å².